The molecule has 2 aromatic heterocycles. The van der Waals surface area contributed by atoms with Crippen molar-refractivity contribution in [3.63, 3.8) is 0 Å². The molecule has 1 amide bonds. The molecule has 3 heterocycles. The fraction of sp³-hybridized carbons (Fsp3) is 0.263. The van der Waals surface area contributed by atoms with E-state index in [2.05, 4.69) is 34.2 Å². The number of benzene rings is 1. The lowest BCUT2D eigenvalue weighted by Gasteiger charge is -2.23. The first-order valence-electron chi connectivity index (χ1n) is 8.39. The number of nitrogens with one attached hydrogen (secondary N) is 1. The molecule has 0 radical (unpaired) electrons. The summed E-state index contributed by atoms with van der Waals surface area (Å²) < 4.78 is 1.77. The number of rotatable bonds is 3. The highest BCUT2D eigenvalue weighted by molar-refractivity contribution is 5.94. The summed E-state index contributed by atoms with van der Waals surface area (Å²) >= 11 is 0. The van der Waals surface area contributed by atoms with Crippen LogP contribution in [-0.4, -0.2) is 25.7 Å². The van der Waals surface area contributed by atoms with E-state index in [1.807, 2.05) is 42.6 Å². The molecule has 4 rings (SSSR count). The minimum atomic E-state index is -0.110. The second-order valence-corrected chi connectivity index (χ2v) is 6.50. The molecule has 0 aliphatic carbocycles. The van der Waals surface area contributed by atoms with Crippen molar-refractivity contribution in [3.8, 4) is 5.69 Å². The van der Waals surface area contributed by atoms with Crippen LogP contribution in [0, 0.1) is 0 Å². The molecule has 3 aromatic rings. The van der Waals surface area contributed by atoms with Gasteiger partial charge in [0, 0.05) is 30.0 Å². The number of carbonyl (C=O) groups is 1. The predicted octanol–water partition coefficient (Wildman–Crippen LogP) is 3.26. The highest BCUT2D eigenvalue weighted by Gasteiger charge is 2.31. The van der Waals surface area contributed by atoms with Crippen LogP contribution < -0.4 is 5.32 Å². The number of carbonyl (C=O) groups excluding carboxylic acids is 1. The quantitative estimate of drug-likeness (QED) is 0.798. The fourth-order valence-corrected chi connectivity index (χ4v) is 3.11. The normalized spacial score (nSPS) is 16.6. The van der Waals surface area contributed by atoms with E-state index in [4.69, 9.17) is 0 Å². The number of nitrogens with zero attached hydrogens (tertiary/aromatic N) is 4. The van der Waals surface area contributed by atoms with Gasteiger partial charge in [-0.15, -0.1) is 0 Å². The van der Waals surface area contributed by atoms with Crippen molar-refractivity contribution in [2.45, 2.75) is 32.1 Å². The van der Waals surface area contributed by atoms with Crippen molar-refractivity contribution >= 4 is 11.7 Å². The number of anilines is 1. The van der Waals surface area contributed by atoms with Gasteiger partial charge in [0.2, 0.25) is 5.91 Å². The maximum absolute atomic E-state index is 12.3. The van der Waals surface area contributed by atoms with Crippen molar-refractivity contribution in [1.82, 2.24) is 19.7 Å². The second-order valence-electron chi connectivity index (χ2n) is 6.50. The van der Waals surface area contributed by atoms with E-state index in [0.717, 1.165) is 28.6 Å². The number of aromatic nitrogens is 4. The first kappa shape index (κ1) is 15.5. The Kier molecular flexibility index (Phi) is 3.80. The van der Waals surface area contributed by atoms with E-state index in [1.54, 1.807) is 10.9 Å². The highest BCUT2D eigenvalue weighted by atomic mass is 16.1. The largest absolute Gasteiger partial charge is 0.310 e. The molecule has 0 spiro atoms. The van der Waals surface area contributed by atoms with Crippen LogP contribution >= 0.6 is 0 Å². The van der Waals surface area contributed by atoms with Gasteiger partial charge in [0.25, 0.3) is 0 Å². The summed E-state index contributed by atoms with van der Waals surface area (Å²) in [7, 11) is 0. The third-order valence-corrected chi connectivity index (χ3v) is 4.39. The molecule has 6 nitrogen and oxygen atoms in total. The van der Waals surface area contributed by atoms with Crippen molar-refractivity contribution in [2.24, 2.45) is 0 Å². The Balaban J connectivity index is 1.80. The van der Waals surface area contributed by atoms with Gasteiger partial charge < -0.3 is 5.32 Å². The van der Waals surface area contributed by atoms with E-state index in [9.17, 15) is 4.79 Å². The Hall–Kier alpha value is -3.02. The topological polar surface area (TPSA) is 72.7 Å². The molecular formula is C19H19N5O. The van der Waals surface area contributed by atoms with Crippen LogP contribution in [0.2, 0.25) is 0 Å². The van der Waals surface area contributed by atoms with Gasteiger partial charge in [-0.2, -0.15) is 5.10 Å². The summed E-state index contributed by atoms with van der Waals surface area (Å²) in [6.45, 7) is 4.12. The Morgan fingerprint density at radius 3 is 2.76 bits per heavy atom. The molecule has 1 aliphatic heterocycles. The average Bonchev–Trinajstić information content (AvgIpc) is 3.05. The van der Waals surface area contributed by atoms with E-state index in [0.29, 0.717) is 6.42 Å². The van der Waals surface area contributed by atoms with Crippen LogP contribution in [0.1, 0.15) is 49.2 Å². The Morgan fingerprint density at radius 1 is 1.20 bits per heavy atom. The number of fused-ring (bicyclic) bond motifs is 1. The Labute approximate surface area is 145 Å². The van der Waals surface area contributed by atoms with E-state index < -0.39 is 0 Å². The molecule has 0 saturated heterocycles. The summed E-state index contributed by atoms with van der Waals surface area (Å²) in [5.41, 5.74) is 2.76. The van der Waals surface area contributed by atoms with Crippen LogP contribution in [0.25, 0.3) is 5.69 Å². The number of amides is 1. The number of para-hydroxylation sites is 1. The van der Waals surface area contributed by atoms with Crippen molar-refractivity contribution in [2.75, 3.05) is 5.32 Å². The summed E-state index contributed by atoms with van der Waals surface area (Å²) in [5.74, 6) is 1.61. The van der Waals surface area contributed by atoms with Gasteiger partial charge in [-0.3, -0.25) is 4.79 Å². The molecular weight excluding hydrogens is 314 g/mol. The van der Waals surface area contributed by atoms with E-state index >= 15 is 0 Å². The van der Waals surface area contributed by atoms with Gasteiger partial charge in [-0.1, -0.05) is 32.0 Å². The Bertz CT molecular complexity index is 917. The summed E-state index contributed by atoms with van der Waals surface area (Å²) in [5, 5.41) is 7.46. The zero-order valence-corrected chi connectivity index (χ0v) is 14.2. The maximum Gasteiger partial charge on any atom is 0.226 e. The Morgan fingerprint density at radius 2 is 2.00 bits per heavy atom. The van der Waals surface area contributed by atoms with Gasteiger partial charge in [0.15, 0.2) is 0 Å². The van der Waals surface area contributed by atoms with Crippen LogP contribution in [-0.2, 0) is 4.79 Å². The molecule has 6 heteroatoms. The molecule has 1 aliphatic rings. The molecule has 1 atom stereocenters. The summed E-state index contributed by atoms with van der Waals surface area (Å²) in [6, 6.07) is 11.7. The maximum atomic E-state index is 12.3. The molecule has 126 valence electrons. The van der Waals surface area contributed by atoms with E-state index in [-0.39, 0.29) is 17.7 Å². The molecule has 0 bridgehead atoms. The smallest absolute Gasteiger partial charge is 0.226 e. The fourth-order valence-electron chi connectivity index (χ4n) is 3.11. The van der Waals surface area contributed by atoms with Crippen LogP contribution in [0.5, 0.6) is 0 Å². The molecule has 1 N–H and O–H groups in total. The molecule has 1 aromatic carbocycles. The monoisotopic (exact) mass is 333 g/mol. The first-order valence-corrected chi connectivity index (χ1v) is 8.39. The molecule has 25 heavy (non-hydrogen) atoms. The van der Waals surface area contributed by atoms with Crippen molar-refractivity contribution in [3.05, 3.63) is 65.9 Å². The van der Waals surface area contributed by atoms with Crippen molar-refractivity contribution < 1.29 is 4.79 Å². The molecule has 0 fully saturated rings. The molecule has 0 saturated carbocycles. The number of hydrogen-bond acceptors (Lipinski definition) is 4. The number of hydrogen-bond donors (Lipinski definition) is 1. The van der Waals surface area contributed by atoms with Gasteiger partial charge in [-0.05, 0) is 18.2 Å². The standard InChI is InChI=1S/C19H19N5O/c1-12(2)18-20-9-8-16(22-18)14-10-17(25)23-19-15(14)11-21-24(19)13-6-4-3-5-7-13/h3-9,11-12,14H,10H2,1-2H3,(H,23,25)/t14-/m1/s1. The van der Waals surface area contributed by atoms with Crippen LogP contribution in [0.15, 0.2) is 48.8 Å². The zero-order chi connectivity index (χ0) is 17.4. The average molecular weight is 333 g/mol. The first-order chi connectivity index (χ1) is 12.1. The van der Waals surface area contributed by atoms with Crippen LogP contribution in [0.3, 0.4) is 0 Å². The lowest BCUT2D eigenvalue weighted by molar-refractivity contribution is -0.116. The zero-order valence-electron chi connectivity index (χ0n) is 14.2. The molecule has 0 unspecified atom stereocenters. The third-order valence-electron chi connectivity index (χ3n) is 4.39. The minimum absolute atomic E-state index is 0.0279. The lowest BCUT2D eigenvalue weighted by Crippen LogP contribution is -2.25. The third kappa shape index (κ3) is 2.80. The SMILES string of the molecule is CC(C)c1nccc([C@@H]2CC(=O)Nc3c2cnn3-c2ccccc2)n1. The highest BCUT2D eigenvalue weighted by Crippen LogP contribution is 2.37. The second kappa shape index (κ2) is 6.12. The summed E-state index contributed by atoms with van der Waals surface area (Å²) in [6.07, 6.45) is 3.96. The van der Waals surface area contributed by atoms with Crippen molar-refractivity contribution in [1.29, 1.82) is 0 Å². The minimum Gasteiger partial charge on any atom is -0.310 e. The van der Waals surface area contributed by atoms with Gasteiger partial charge in [0.1, 0.15) is 11.6 Å². The lowest BCUT2D eigenvalue weighted by atomic mass is 9.91. The van der Waals surface area contributed by atoms with E-state index in [1.165, 1.54) is 0 Å². The van der Waals surface area contributed by atoms with Gasteiger partial charge in [0.05, 0.1) is 17.6 Å². The van der Waals surface area contributed by atoms with Gasteiger partial charge >= 0.3 is 0 Å². The predicted molar refractivity (Wildman–Crippen MR) is 94.8 cm³/mol. The summed E-state index contributed by atoms with van der Waals surface area (Å²) in [4.78, 5) is 21.3. The van der Waals surface area contributed by atoms with Gasteiger partial charge in [-0.25, -0.2) is 14.6 Å². The van der Waals surface area contributed by atoms with Crippen LogP contribution in [0.4, 0.5) is 5.82 Å².